The van der Waals surface area contributed by atoms with E-state index in [1.807, 2.05) is 0 Å². The van der Waals surface area contributed by atoms with Gasteiger partial charge in [0.25, 0.3) is 5.56 Å². The molecule has 1 atom stereocenters. The van der Waals surface area contributed by atoms with Gasteiger partial charge in [0.1, 0.15) is 17.3 Å². The lowest BCUT2D eigenvalue weighted by molar-refractivity contribution is -0.119. The molecule has 0 fully saturated rings. The highest BCUT2D eigenvalue weighted by molar-refractivity contribution is 5.94. The number of carbonyl (C=O) groups is 1. The Labute approximate surface area is 157 Å². The molecule has 0 aliphatic rings. The lowest BCUT2D eigenvalue weighted by Gasteiger charge is -2.14. The number of anilines is 1. The van der Waals surface area contributed by atoms with E-state index in [0.717, 1.165) is 4.68 Å². The molecular weight excluding hydrogens is 362 g/mol. The number of fused-ring (bicyclic) bond motifs is 1. The Bertz CT molecular complexity index is 1270. The predicted octanol–water partition coefficient (Wildman–Crippen LogP) is 1.74. The van der Waals surface area contributed by atoms with Crippen LogP contribution in [0, 0.1) is 0 Å². The monoisotopic (exact) mass is 377 g/mol. The van der Waals surface area contributed by atoms with E-state index in [-0.39, 0.29) is 5.69 Å². The predicted molar refractivity (Wildman–Crippen MR) is 101 cm³/mol. The smallest absolute Gasteiger partial charge is 0.360 e. The average Bonchev–Trinajstić information content (AvgIpc) is 3.23. The first-order valence-electron chi connectivity index (χ1n) is 8.46. The van der Waals surface area contributed by atoms with Crippen molar-refractivity contribution >= 4 is 22.6 Å². The number of rotatable bonds is 4. The van der Waals surface area contributed by atoms with E-state index in [9.17, 15) is 14.4 Å². The first-order valence-corrected chi connectivity index (χ1v) is 8.46. The summed E-state index contributed by atoms with van der Waals surface area (Å²) in [6.07, 6.45) is 3.24. The van der Waals surface area contributed by atoms with Crippen molar-refractivity contribution in [2.45, 2.75) is 13.0 Å². The van der Waals surface area contributed by atoms with E-state index in [1.165, 1.54) is 29.8 Å². The molecule has 0 aliphatic heterocycles. The van der Waals surface area contributed by atoms with Crippen LogP contribution in [0.1, 0.15) is 13.0 Å². The Kier molecular flexibility index (Phi) is 4.32. The van der Waals surface area contributed by atoms with E-state index in [0.29, 0.717) is 16.8 Å². The first-order chi connectivity index (χ1) is 13.5. The third kappa shape index (κ3) is 3.20. The third-order valence-electron chi connectivity index (χ3n) is 4.20. The number of amides is 1. The van der Waals surface area contributed by atoms with E-state index in [1.54, 1.807) is 42.7 Å². The summed E-state index contributed by atoms with van der Waals surface area (Å²) in [5, 5.41) is 11.4. The summed E-state index contributed by atoms with van der Waals surface area (Å²) in [7, 11) is 0. The Morgan fingerprint density at radius 2 is 1.96 bits per heavy atom. The van der Waals surface area contributed by atoms with Gasteiger partial charge >= 0.3 is 5.63 Å². The van der Waals surface area contributed by atoms with E-state index in [4.69, 9.17) is 4.42 Å². The van der Waals surface area contributed by atoms with Crippen molar-refractivity contribution in [2.75, 3.05) is 5.32 Å². The minimum Gasteiger partial charge on any atom is -0.421 e. The van der Waals surface area contributed by atoms with E-state index in [2.05, 4.69) is 15.5 Å². The summed E-state index contributed by atoms with van der Waals surface area (Å²) in [6, 6.07) is 12.1. The van der Waals surface area contributed by atoms with Crippen molar-refractivity contribution < 1.29 is 9.21 Å². The number of carbonyl (C=O) groups excluding carboxylic acids is 1. The Morgan fingerprint density at radius 1 is 1.14 bits per heavy atom. The van der Waals surface area contributed by atoms with Crippen LogP contribution in [0.5, 0.6) is 0 Å². The highest BCUT2D eigenvalue weighted by Gasteiger charge is 2.20. The first kappa shape index (κ1) is 17.4. The molecular formula is C19H15N5O4. The molecule has 140 valence electrons. The summed E-state index contributed by atoms with van der Waals surface area (Å²) < 4.78 is 7.71. The van der Waals surface area contributed by atoms with Crippen LogP contribution >= 0.6 is 0 Å². The second kappa shape index (κ2) is 6.95. The van der Waals surface area contributed by atoms with Crippen molar-refractivity contribution in [1.82, 2.24) is 19.6 Å². The molecule has 4 rings (SSSR count). The van der Waals surface area contributed by atoms with Crippen molar-refractivity contribution in [1.29, 1.82) is 0 Å². The minimum atomic E-state index is -0.964. The van der Waals surface area contributed by atoms with E-state index >= 15 is 0 Å². The van der Waals surface area contributed by atoms with Crippen LogP contribution in [0.2, 0.25) is 0 Å². The largest absolute Gasteiger partial charge is 0.421 e. The molecule has 9 nitrogen and oxygen atoms in total. The SMILES string of the molecule is CC(C(=O)Nc1cc2ccccc2oc1=O)n1nc(-n2cccn2)ccc1=O. The zero-order valence-corrected chi connectivity index (χ0v) is 14.8. The topological polar surface area (TPSA) is 112 Å². The Hall–Kier alpha value is -4.01. The molecule has 0 saturated carbocycles. The minimum absolute atomic E-state index is 0.00756. The lowest BCUT2D eigenvalue weighted by atomic mass is 10.2. The van der Waals surface area contributed by atoms with Crippen LogP contribution in [0.25, 0.3) is 16.8 Å². The molecule has 0 bridgehead atoms. The molecule has 4 aromatic rings. The molecule has 0 radical (unpaired) electrons. The molecule has 0 spiro atoms. The molecule has 1 N–H and O–H groups in total. The van der Waals surface area contributed by atoms with Crippen LogP contribution in [-0.2, 0) is 4.79 Å². The number of para-hydroxylation sites is 1. The number of hydrogen-bond acceptors (Lipinski definition) is 6. The summed E-state index contributed by atoms with van der Waals surface area (Å²) in [5.41, 5.74) is -0.718. The molecule has 3 heterocycles. The highest BCUT2D eigenvalue weighted by Crippen LogP contribution is 2.16. The molecule has 1 amide bonds. The van der Waals surface area contributed by atoms with Crippen LogP contribution in [-0.4, -0.2) is 25.5 Å². The fraction of sp³-hybridized carbons (Fsp3) is 0.105. The molecule has 28 heavy (non-hydrogen) atoms. The van der Waals surface area contributed by atoms with Gasteiger partial charge in [-0.2, -0.15) is 5.10 Å². The zero-order valence-electron chi connectivity index (χ0n) is 14.8. The second-order valence-corrected chi connectivity index (χ2v) is 6.08. The average molecular weight is 377 g/mol. The molecule has 3 aromatic heterocycles. The van der Waals surface area contributed by atoms with Gasteiger partial charge in [0, 0.05) is 23.8 Å². The van der Waals surface area contributed by atoms with Gasteiger partial charge in [-0.15, -0.1) is 5.10 Å². The normalized spacial score (nSPS) is 12.0. The standard InChI is InChI=1S/C19H15N5O4/c1-12(24-17(25)8-7-16(22-24)23-10-4-9-20-23)18(26)21-14-11-13-5-2-3-6-15(13)28-19(14)27/h2-12H,1H3,(H,21,26). The van der Waals surface area contributed by atoms with Crippen LogP contribution < -0.4 is 16.5 Å². The Morgan fingerprint density at radius 3 is 2.75 bits per heavy atom. The molecule has 0 saturated heterocycles. The van der Waals surface area contributed by atoms with Gasteiger partial charge in [0.05, 0.1) is 0 Å². The van der Waals surface area contributed by atoms with Crippen molar-refractivity contribution in [3.63, 3.8) is 0 Å². The van der Waals surface area contributed by atoms with Gasteiger partial charge in [-0.1, -0.05) is 18.2 Å². The molecule has 0 aliphatic carbocycles. The summed E-state index contributed by atoms with van der Waals surface area (Å²) >= 11 is 0. The van der Waals surface area contributed by atoms with Crippen LogP contribution in [0.15, 0.2) is 74.9 Å². The van der Waals surface area contributed by atoms with Gasteiger partial charge in [-0.05, 0) is 31.2 Å². The van der Waals surface area contributed by atoms with Gasteiger partial charge in [-0.25, -0.2) is 14.2 Å². The number of nitrogens with one attached hydrogen (secondary N) is 1. The zero-order chi connectivity index (χ0) is 19.7. The van der Waals surface area contributed by atoms with Gasteiger partial charge in [0.2, 0.25) is 5.91 Å². The number of aromatic nitrogens is 4. The van der Waals surface area contributed by atoms with Crippen molar-refractivity contribution in [3.8, 4) is 5.82 Å². The van der Waals surface area contributed by atoms with Gasteiger partial charge in [0.15, 0.2) is 5.82 Å². The third-order valence-corrected chi connectivity index (χ3v) is 4.20. The van der Waals surface area contributed by atoms with Crippen molar-refractivity contribution in [3.05, 3.63) is 81.7 Å². The van der Waals surface area contributed by atoms with Gasteiger partial charge in [-0.3, -0.25) is 9.59 Å². The fourth-order valence-electron chi connectivity index (χ4n) is 2.72. The summed E-state index contributed by atoms with van der Waals surface area (Å²) in [5.74, 6) is -0.190. The fourth-order valence-corrected chi connectivity index (χ4v) is 2.72. The quantitative estimate of drug-likeness (QED) is 0.542. The number of hydrogen-bond donors (Lipinski definition) is 1. The van der Waals surface area contributed by atoms with Gasteiger partial charge < -0.3 is 9.73 Å². The van der Waals surface area contributed by atoms with Crippen LogP contribution in [0.3, 0.4) is 0 Å². The second-order valence-electron chi connectivity index (χ2n) is 6.08. The Balaban J connectivity index is 1.64. The number of nitrogens with zero attached hydrogens (tertiary/aromatic N) is 4. The highest BCUT2D eigenvalue weighted by atomic mass is 16.4. The van der Waals surface area contributed by atoms with Crippen molar-refractivity contribution in [2.24, 2.45) is 0 Å². The van der Waals surface area contributed by atoms with Crippen LogP contribution in [0.4, 0.5) is 5.69 Å². The molecule has 1 aromatic carbocycles. The lowest BCUT2D eigenvalue weighted by Crippen LogP contribution is -2.34. The van der Waals surface area contributed by atoms with E-state index < -0.39 is 23.1 Å². The number of benzene rings is 1. The molecule has 9 heteroatoms. The summed E-state index contributed by atoms with van der Waals surface area (Å²) in [6.45, 7) is 1.51. The maximum Gasteiger partial charge on any atom is 0.360 e. The molecule has 1 unspecified atom stereocenters. The maximum atomic E-state index is 12.6. The summed E-state index contributed by atoms with van der Waals surface area (Å²) in [4.78, 5) is 37.0. The maximum absolute atomic E-state index is 12.6.